The lowest BCUT2D eigenvalue weighted by Gasteiger charge is -2.10. The summed E-state index contributed by atoms with van der Waals surface area (Å²) in [5.74, 6) is -2.31. The number of hydrogen-bond acceptors (Lipinski definition) is 2. The van der Waals surface area contributed by atoms with Gasteiger partial charge in [-0.2, -0.15) is 0 Å². The van der Waals surface area contributed by atoms with Gasteiger partial charge in [-0.3, -0.25) is 9.59 Å². The molecule has 0 amide bonds. The van der Waals surface area contributed by atoms with Crippen LogP contribution in [0.25, 0.3) is 11.1 Å². The van der Waals surface area contributed by atoms with Gasteiger partial charge in [-0.1, -0.05) is 43.3 Å². The van der Waals surface area contributed by atoms with E-state index in [0.717, 1.165) is 5.56 Å². The smallest absolute Gasteiger partial charge is 0.306 e. The van der Waals surface area contributed by atoms with Gasteiger partial charge in [-0.25, -0.2) is 4.39 Å². The molecular weight excluding hydrogens is 271 g/mol. The minimum Gasteiger partial charge on any atom is -0.481 e. The quantitative estimate of drug-likeness (QED) is 0.851. The largest absolute Gasteiger partial charge is 0.481 e. The first-order valence-corrected chi connectivity index (χ1v) is 6.60. The molecule has 2 aromatic rings. The molecule has 4 heteroatoms. The van der Waals surface area contributed by atoms with E-state index in [-0.39, 0.29) is 18.0 Å². The van der Waals surface area contributed by atoms with Crippen molar-refractivity contribution >= 4 is 11.8 Å². The van der Waals surface area contributed by atoms with E-state index in [1.807, 2.05) is 0 Å². The van der Waals surface area contributed by atoms with Crippen LogP contribution in [0.2, 0.25) is 0 Å². The molecule has 0 fully saturated rings. The number of rotatable bonds is 5. The van der Waals surface area contributed by atoms with Crippen LogP contribution in [0.5, 0.6) is 0 Å². The fourth-order valence-electron chi connectivity index (χ4n) is 2.08. The van der Waals surface area contributed by atoms with E-state index in [2.05, 4.69) is 0 Å². The Kier molecular flexibility index (Phi) is 4.48. The number of halogens is 1. The normalized spacial score (nSPS) is 11.9. The lowest BCUT2D eigenvalue weighted by molar-refractivity contribution is -0.141. The summed E-state index contributed by atoms with van der Waals surface area (Å²) in [6, 6.07) is 12.8. The van der Waals surface area contributed by atoms with Crippen LogP contribution < -0.4 is 0 Å². The Labute approximate surface area is 122 Å². The average Bonchev–Trinajstić information content (AvgIpc) is 2.48. The van der Waals surface area contributed by atoms with Gasteiger partial charge in [0.2, 0.25) is 0 Å². The first-order valence-electron chi connectivity index (χ1n) is 6.60. The van der Waals surface area contributed by atoms with Gasteiger partial charge in [0.25, 0.3) is 0 Å². The number of ketones is 1. The zero-order valence-corrected chi connectivity index (χ0v) is 11.5. The second-order valence-electron chi connectivity index (χ2n) is 4.92. The molecule has 1 atom stereocenters. The molecule has 1 unspecified atom stereocenters. The molecule has 108 valence electrons. The van der Waals surface area contributed by atoms with E-state index in [1.165, 1.54) is 19.1 Å². The molecule has 0 aromatic heterocycles. The minimum atomic E-state index is -0.998. The number of carboxylic acid groups (broad SMARTS) is 1. The lowest BCUT2D eigenvalue weighted by Crippen LogP contribution is -2.15. The van der Waals surface area contributed by atoms with Crippen molar-refractivity contribution in [2.75, 3.05) is 0 Å². The number of carboxylic acids is 1. The predicted octanol–water partition coefficient (Wildman–Crippen LogP) is 3.79. The number of aliphatic carboxylic acids is 1. The van der Waals surface area contributed by atoms with Crippen LogP contribution in [0.1, 0.15) is 23.7 Å². The highest BCUT2D eigenvalue weighted by Crippen LogP contribution is 2.25. The van der Waals surface area contributed by atoms with Crippen LogP contribution in [0.4, 0.5) is 4.39 Å². The standard InChI is InChI=1S/C17H15FO3/c1-11(17(20)21)10-16(19)15-5-3-2-4-14(15)12-6-8-13(18)9-7-12/h2-9,11H,10H2,1H3,(H,20,21). The molecule has 0 aliphatic carbocycles. The Morgan fingerprint density at radius 2 is 1.71 bits per heavy atom. The highest BCUT2D eigenvalue weighted by molar-refractivity contribution is 6.03. The number of carbonyl (C=O) groups excluding carboxylic acids is 1. The van der Waals surface area contributed by atoms with Crippen molar-refractivity contribution in [3.8, 4) is 11.1 Å². The molecule has 0 aliphatic rings. The Balaban J connectivity index is 2.35. The van der Waals surface area contributed by atoms with Crippen molar-refractivity contribution in [3.05, 3.63) is 59.9 Å². The number of carbonyl (C=O) groups is 2. The van der Waals surface area contributed by atoms with Crippen molar-refractivity contribution in [2.45, 2.75) is 13.3 Å². The molecule has 0 heterocycles. The van der Waals surface area contributed by atoms with Gasteiger partial charge in [0.05, 0.1) is 5.92 Å². The van der Waals surface area contributed by atoms with E-state index in [9.17, 15) is 14.0 Å². The molecule has 0 bridgehead atoms. The van der Waals surface area contributed by atoms with Gasteiger partial charge in [0.15, 0.2) is 5.78 Å². The topological polar surface area (TPSA) is 54.4 Å². The summed E-state index contributed by atoms with van der Waals surface area (Å²) in [5, 5.41) is 8.90. The van der Waals surface area contributed by atoms with Crippen molar-refractivity contribution in [3.63, 3.8) is 0 Å². The van der Waals surface area contributed by atoms with Crippen molar-refractivity contribution < 1.29 is 19.1 Å². The Morgan fingerprint density at radius 1 is 1.10 bits per heavy atom. The third-order valence-electron chi connectivity index (χ3n) is 3.30. The van der Waals surface area contributed by atoms with Gasteiger partial charge in [-0.15, -0.1) is 0 Å². The third kappa shape index (κ3) is 3.54. The Bertz CT molecular complexity index is 662. The molecule has 1 N–H and O–H groups in total. The number of benzene rings is 2. The van der Waals surface area contributed by atoms with E-state index >= 15 is 0 Å². The van der Waals surface area contributed by atoms with E-state index < -0.39 is 11.9 Å². The zero-order chi connectivity index (χ0) is 15.4. The van der Waals surface area contributed by atoms with Crippen LogP contribution in [-0.4, -0.2) is 16.9 Å². The van der Waals surface area contributed by atoms with Crippen LogP contribution >= 0.6 is 0 Å². The number of hydrogen-bond donors (Lipinski definition) is 1. The Morgan fingerprint density at radius 3 is 2.33 bits per heavy atom. The summed E-state index contributed by atoms with van der Waals surface area (Å²) < 4.78 is 13.0. The molecule has 0 saturated heterocycles. The predicted molar refractivity (Wildman–Crippen MR) is 77.6 cm³/mol. The molecular formula is C17H15FO3. The molecule has 0 aliphatic heterocycles. The van der Waals surface area contributed by atoms with Gasteiger partial charge in [0, 0.05) is 12.0 Å². The summed E-state index contributed by atoms with van der Waals surface area (Å²) in [5.41, 5.74) is 1.86. The van der Waals surface area contributed by atoms with E-state index in [4.69, 9.17) is 5.11 Å². The van der Waals surface area contributed by atoms with Crippen LogP contribution in [0.3, 0.4) is 0 Å². The van der Waals surface area contributed by atoms with E-state index in [1.54, 1.807) is 36.4 Å². The summed E-state index contributed by atoms with van der Waals surface area (Å²) in [7, 11) is 0. The van der Waals surface area contributed by atoms with Gasteiger partial charge in [-0.05, 0) is 23.3 Å². The lowest BCUT2D eigenvalue weighted by atomic mass is 9.93. The SMILES string of the molecule is CC(CC(=O)c1ccccc1-c1ccc(F)cc1)C(=O)O. The van der Waals surface area contributed by atoms with Crippen LogP contribution in [0, 0.1) is 11.7 Å². The van der Waals surface area contributed by atoms with Crippen molar-refractivity contribution in [1.29, 1.82) is 0 Å². The summed E-state index contributed by atoms with van der Waals surface area (Å²) in [6.07, 6.45) is -0.0620. The molecule has 0 saturated carbocycles. The maximum atomic E-state index is 13.0. The van der Waals surface area contributed by atoms with Crippen molar-refractivity contribution in [2.24, 2.45) is 5.92 Å². The molecule has 21 heavy (non-hydrogen) atoms. The van der Waals surface area contributed by atoms with Crippen molar-refractivity contribution in [1.82, 2.24) is 0 Å². The summed E-state index contributed by atoms with van der Waals surface area (Å²) in [6.45, 7) is 1.50. The molecule has 0 spiro atoms. The maximum Gasteiger partial charge on any atom is 0.306 e. The first-order chi connectivity index (χ1) is 9.99. The fraction of sp³-hybridized carbons (Fsp3) is 0.176. The van der Waals surface area contributed by atoms with Crippen LogP contribution in [-0.2, 0) is 4.79 Å². The Hall–Kier alpha value is -2.49. The number of Topliss-reactive ketones (excluding diaryl/α,β-unsaturated/α-hetero) is 1. The van der Waals surface area contributed by atoms with Gasteiger partial charge < -0.3 is 5.11 Å². The first kappa shape index (κ1) is 14.9. The molecule has 3 nitrogen and oxygen atoms in total. The molecule has 2 rings (SSSR count). The summed E-state index contributed by atoms with van der Waals surface area (Å²) in [4.78, 5) is 23.1. The monoisotopic (exact) mass is 286 g/mol. The van der Waals surface area contributed by atoms with E-state index in [0.29, 0.717) is 11.1 Å². The zero-order valence-electron chi connectivity index (χ0n) is 11.5. The van der Waals surface area contributed by atoms with Gasteiger partial charge in [0.1, 0.15) is 5.82 Å². The highest BCUT2D eigenvalue weighted by Gasteiger charge is 2.19. The summed E-state index contributed by atoms with van der Waals surface area (Å²) >= 11 is 0. The molecule has 2 aromatic carbocycles. The second-order valence-corrected chi connectivity index (χ2v) is 4.92. The van der Waals surface area contributed by atoms with Crippen LogP contribution in [0.15, 0.2) is 48.5 Å². The maximum absolute atomic E-state index is 13.0. The third-order valence-corrected chi connectivity index (χ3v) is 3.30. The second kappa shape index (κ2) is 6.31. The average molecular weight is 286 g/mol. The minimum absolute atomic E-state index is 0.0620. The highest BCUT2D eigenvalue weighted by atomic mass is 19.1. The van der Waals surface area contributed by atoms with Gasteiger partial charge >= 0.3 is 5.97 Å². The fourth-order valence-corrected chi connectivity index (χ4v) is 2.08. The molecule has 0 radical (unpaired) electrons.